The molecule has 10 aliphatic rings. The number of benzene rings is 2. The van der Waals surface area contributed by atoms with E-state index in [0.717, 1.165) is 60.2 Å². The lowest BCUT2D eigenvalue weighted by Crippen LogP contribution is -2.48. The van der Waals surface area contributed by atoms with Crippen LogP contribution in [0.15, 0.2) is 24.3 Å². The summed E-state index contributed by atoms with van der Waals surface area (Å²) in [6.45, 7) is 3.04. The Hall–Kier alpha value is -1.78. The van der Waals surface area contributed by atoms with Crippen molar-refractivity contribution in [2.75, 3.05) is 26.4 Å². The summed E-state index contributed by atoms with van der Waals surface area (Å²) in [4.78, 5) is 0. The minimum absolute atomic E-state index is 0.274. The van der Waals surface area contributed by atoms with Gasteiger partial charge in [0, 0.05) is 11.1 Å². The molecule has 12 rings (SSSR count). The predicted octanol–water partition coefficient (Wildman–Crippen LogP) is 7.33. The zero-order chi connectivity index (χ0) is 26.1. The first-order chi connectivity index (χ1) is 19.6. The molecule has 8 aliphatic carbocycles. The number of fused-ring (bicyclic) bond motifs is 1. The number of hydrogen-bond acceptors (Lipinski definition) is 4. The second-order valence-electron chi connectivity index (χ2n) is 16.0. The van der Waals surface area contributed by atoms with Gasteiger partial charge in [0.2, 0.25) is 0 Å². The highest BCUT2D eigenvalue weighted by molar-refractivity contribution is 5.88. The van der Waals surface area contributed by atoms with Gasteiger partial charge in [-0.25, -0.2) is 0 Å². The zero-order valence-electron chi connectivity index (χ0n) is 23.9. The van der Waals surface area contributed by atoms with Crippen molar-refractivity contribution in [3.63, 3.8) is 0 Å². The van der Waals surface area contributed by atoms with Gasteiger partial charge in [-0.05, 0) is 158 Å². The number of hydrogen-bond donors (Lipinski definition) is 0. The van der Waals surface area contributed by atoms with Gasteiger partial charge in [0.1, 0.15) is 36.9 Å². The number of ether oxygens (including phenoxy) is 4. The summed E-state index contributed by atoms with van der Waals surface area (Å²) in [6, 6.07) is 9.97. The third-order valence-corrected chi connectivity index (χ3v) is 12.9. The van der Waals surface area contributed by atoms with Gasteiger partial charge < -0.3 is 18.9 Å². The molecule has 4 heteroatoms. The Kier molecular flexibility index (Phi) is 4.99. The standard InChI is InChI=1S/C36H44O4/c1-21-2-23-3-22(1)12-35(11-21,13-23)31-7-27-8-32(36-14-24-4-25(15-36)6-26(5-24)16-36)34(40-20-30-18-38-30)10-28(27)9-33(31)39-19-29-17-37-29/h7-10,21-26,29-30H,1-6,11-20H2. The van der Waals surface area contributed by atoms with Crippen LogP contribution in [-0.4, -0.2) is 38.6 Å². The molecule has 0 aromatic heterocycles. The van der Waals surface area contributed by atoms with Crippen LogP contribution in [0.2, 0.25) is 0 Å². The second-order valence-corrected chi connectivity index (χ2v) is 16.0. The molecule has 2 heterocycles. The molecule has 8 saturated carbocycles. The Balaban J connectivity index is 1.11. The van der Waals surface area contributed by atoms with Crippen LogP contribution in [-0.2, 0) is 20.3 Å². The predicted molar refractivity (Wildman–Crippen MR) is 154 cm³/mol. The van der Waals surface area contributed by atoms with Crippen molar-refractivity contribution in [3.8, 4) is 11.5 Å². The van der Waals surface area contributed by atoms with Crippen LogP contribution >= 0.6 is 0 Å². The van der Waals surface area contributed by atoms with E-state index in [1.54, 1.807) is 0 Å². The molecular weight excluding hydrogens is 496 g/mol. The van der Waals surface area contributed by atoms with Gasteiger partial charge in [0.25, 0.3) is 0 Å². The van der Waals surface area contributed by atoms with Crippen LogP contribution in [0.5, 0.6) is 11.5 Å². The van der Waals surface area contributed by atoms with Gasteiger partial charge in [-0.3, -0.25) is 0 Å². The first-order valence-corrected chi connectivity index (χ1v) is 16.7. The van der Waals surface area contributed by atoms with E-state index in [4.69, 9.17) is 18.9 Å². The van der Waals surface area contributed by atoms with Crippen molar-refractivity contribution >= 4 is 10.8 Å². The van der Waals surface area contributed by atoms with Crippen molar-refractivity contribution in [1.82, 2.24) is 0 Å². The minimum atomic E-state index is 0.274. The smallest absolute Gasteiger partial charge is 0.123 e. The summed E-state index contributed by atoms with van der Waals surface area (Å²) in [7, 11) is 0. The van der Waals surface area contributed by atoms with E-state index in [2.05, 4.69) is 24.3 Å². The fourth-order valence-corrected chi connectivity index (χ4v) is 12.0. The van der Waals surface area contributed by atoms with Gasteiger partial charge in [-0.15, -0.1) is 0 Å². The molecule has 40 heavy (non-hydrogen) atoms. The monoisotopic (exact) mass is 540 g/mol. The molecule has 4 nitrogen and oxygen atoms in total. The van der Waals surface area contributed by atoms with Gasteiger partial charge in [0.15, 0.2) is 0 Å². The number of rotatable bonds is 8. The average molecular weight is 541 g/mol. The maximum absolute atomic E-state index is 6.65. The topological polar surface area (TPSA) is 43.5 Å². The van der Waals surface area contributed by atoms with Crippen molar-refractivity contribution in [2.24, 2.45) is 35.5 Å². The zero-order valence-corrected chi connectivity index (χ0v) is 23.9. The Labute approximate surface area is 238 Å². The first-order valence-electron chi connectivity index (χ1n) is 16.7. The molecule has 2 aromatic rings. The van der Waals surface area contributed by atoms with E-state index in [9.17, 15) is 0 Å². The molecule has 2 saturated heterocycles. The third-order valence-electron chi connectivity index (χ3n) is 12.9. The summed E-state index contributed by atoms with van der Waals surface area (Å²) in [5, 5.41) is 2.70. The minimum Gasteiger partial charge on any atom is -0.490 e. The second kappa shape index (κ2) is 8.40. The lowest BCUT2D eigenvalue weighted by molar-refractivity contribution is -0.00645. The normalized spacial score (nSPS) is 45.3. The molecule has 2 aromatic carbocycles. The average Bonchev–Trinajstić information content (AvgIpc) is 3.84. The van der Waals surface area contributed by atoms with Crippen LogP contribution in [0.1, 0.15) is 88.2 Å². The fourth-order valence-electron chi connectivity index (χ4n) is 12.0. The molecule has 2 aliphatic heterocycles. The van der Waals surface area contributed by atoms with Gasteiger partial charge in [0.05, 0.1) is 13.2 Å². The highest BCUT2D eigenvalue weighted by Gasteiger charge is 2.54. The van der Waals surface area contributed by atoms with Crippen molar-refractivity contribution in [2.45, 2.75) is 100 Å². The Morgan fingerprint density at radius 1 is 0.525 bits per heavy atom. The molecule has 2 unspecified atom stereocenters. The van der Waals surface area contributed by atoms with Gasteiger partial charge in [-0.2, -0.15) is 0 Å². The molecule has 0 N–H and O–H groups in total. The number of epoxide rings is 2. The summed E-state index contributed by atoms with van der Waals surface area (Å²) in [5.74, 6) is 7.78. The Bertz CT molecular complexity index is 1180. The summed E-state index contributed by atoms with van der Waals surface area (Å²) in [5.41, 5.74) is 3.66. The molecule has 8 bridgehead atoms. The van der Waals surface area contributed by atoms with Crippen molar-refractivity contribution < 1.29 is 18.9 Å². The molecule has 0 radical (unpaired) electrons. The van der Waals surface area contributed by atoms with Gasteiger partial charge >= 0.3 is 0 Å². The van der Waals surface area contributed by atoms with Crippen molar-refractivity contribution in [3.05, 3.63) is 35.4 Å². The van der Waals surface area contributed by atoms with E-state index >= 15 is 0 Å². The lowest BCUT2D eigenvalue weighted by atomic mass is 9.47. The van der Waals surface area contributed by atoms with E-state index in [-0.39, 0.29) is 12.2 Å². The van der Waals surface area contributed by atoms with Crippen LogP contribution in [0.4, 0.5) is 0 Å². The largest absolute Gasteiger partial charge is 0.490 e. The quantitative estimate of drug-likeness (QED) is 0.329. The fraction of sp³-hybridized carbons (Fsp3) is 0.722. The Morgan fingerprint density at radius 2 is 0.850 bits per heavy atom. The summed E-state index contributed by atoms with van der Waals surface area (Å²) < 4.78 is 24.4. The molecule has 0 amide bonds. The van der Waals surface area contributed by atoms with E-state index in [1.807, 2.05) is 0 Å². The highest BCUT2D eigenvalue weighted by atomic mass is 16.6. The van der Waals surface area contributed by atoms with E-state index in [1.165, 1.54) is 98.9 Å². The Morgan fingerprint density at radius 3 is 1.18 bits per heavy atom. The van der Waals surface area contributed by atoms with Crippen LogP contribution in [0.3, 0.4) is 0 Å². The first kappa shape index (κ1) is 23.7. The molecule has 10 fully saturated rings. The maximum atomic E-state index is 6.65. The SMILES string of the molecule is c1c(OCC2CO2)c(C23CC4CC(CC(C4)C2)C3)cc2cc(C34CC5CC(CC(C5)C3)C4)c(OCC3CO3)cc12. The summed E-state index contributed by atoms with van der Waals surface area (Å²) >= 11 is 0. The third kappa shape index (κ3) is 3.84. The van der Waals surface area contributed by atoms with E-state index < -0.39 is 0 Å². The lowest BCUT2D eigenvalue weighted by Gasteiger charge is -2.57. The molecule has 0 spiro atoms. The van der Waals surface area contributed by atoms with Crippen LogP contribution < -0.4 is 9.47 Å². The van der Waals surface area contributed by atoms with E-state index in [0.29, 0.717) is 24.0 Å². The summed E-state index contributed by atoms with van der Waals surface area (Å²) in [6.07, 6.45) is 17.6. The van der Waals surface area contributed by atoms with Crippen LogP contribution in [0, 0.1) is 35.5 Å². The highest BCUT2D eigenvalue weighted by Crippen LogP contribution is 2.64. The molecule has 212 valence electrons. The maximum Gasteiger partial charge on any atom is 0.123 e. The van der Waals surface area contributed by atoms with Crippen LogP contribution in [0.25, 0.3) is 10.8 Å². The molecular formula is C36H44O4. The van der Waals surface area contributed by atoms with Gasteiger partial charge in [-0.1, -0.05) is 0 Å². The molecule has 2 atom stereocenters. The van der Waals surface area contributed by atoms with Crippen molar-refractivity contribution in [1.29, 1.82) is 0 Å².